The van der Waals surface area contributed by atoms with Gasteiger partial charge in [0.2, 0.25) is 0 Å². The van der Waals surface area contributed by atoms with Crippen molar-refractivity contribution in [2.75, 3.05) is 0 Å². The van der Waals surface area contributed by atoms with Crippen LogP contribution in [0, 0.1) is 5.92 Å². The van der Waals surface area contributed by atoms with E-state index in [1.165, 1.54) is 0 Å². The Hall–Kier alpha value is -1.39. The van der Waals surface area contributed by atoms with Crippen molar-refractivity contribution in [3.05, 3.63) is 36.0 Å². The highest BCUT2D eigenvalue weighted by molar-refractivity contribution is 5.91. The number of carbonyl (C=O) groups is 1. The molecule has 132 valence electrons. The van der Waals surface area contributed by atoms with Crippen LogP contribution in [-0.4, -0.2) is 34.5 Å². The second kappa shape index (κ2) is 6.16. The summed E-state index contributed by atoms with van der Waals surface area (Å²) in [5, 5.41) is 10.5. The van der Waals surface area contributed by atoms with E-state index in [0.717, 1.165) is 31.3 Å². The van der Waals surface area contributed by atoms with E-state index in [1.54, 1.807) is 0 Å². The molecule has 1 unspecified atom stereocenters. The van der Waals surface area contributed by atoms with E-state index in [2.05, 4.69) is 13.5 Å². The van der Waals surface area contributed by atoms with Gasteiger partial charge in [0.15, 0.2) is 0 Å². The summed E-state index contributed by atoms with van der Waals surface area (Å²) in [4.78, 5) is 11.9. The van der Waals surface area contributed by atoms with E-state index in [1.807, 2.05) is 32.1 Å². The Morgan fingerprint density at radius 3 is 2.79 bits per heavy atom. The summed E-state index contributed by atoms with van der Waals surface area (Å²) < 4.78 is 11.4. The molecule has 0 bridgehead atoms. The number of fused-ring (bicyclic) bond motifs is 2. The lowest BCUT2D eigenvalue weighted by atomic mass is 9.85. The third kappa shape index (κ3) is 3.65. The molecule has 2 fully saturated rings. The van der Waals surface area contributed by atoms with Gasteiger partial charge in [0.25, 0.3) is 0 Å². The summed E-state index contributed by atoms with van der Waals surface area (Å²) in [5.74, 6) is -0.251. The lowest BCUT2D eigenvalue weighted by Gasteiger charge is -2.20. The highest BCUT2D eigenvalue weighted by Gasteiger charge is 2.52. The third-order valence-corrected chi connectivity index (χ3v) is 5.61. The first-order valence-corrected chi connectivity index (χ1v) is 8.85. The van der Waals surface area contributed by atoms with Crippen LogP contribution in [0.1, 0.15) is 52.9 Å². The number of hydrogen-bond acceptors (Lipinski definition) is 4. The molecule has 24 heavy (non-hydrogen) atoms. The Kier molecular flexibility index (Phi) is 4.47. The second-order valence-electron chi connectivity index (χ2n) is 7.97. The molecule has 1 aliphatic carbocycles. The van der Waals surface area contributed by atoms with Crippen molar-refractivity contribution in [2.45, 2.75) is 76.3 Å². The maximum Gasteiger partial charge on any atom is 0.334 e. The van der Waals surface area contributed by atoms with E-state index in [0.29, 0.717) is 12.0 Å². The number of allylic oxidation sites excluding steroid dienone is 2. The molecular weight excluding hydrogens is 304 g/mol. The van der Waals surface area contributed by atoms with Crippen LogP contribution in [0.4, 0.5) is 0 Å². The Bertz CT molecular complexity index is 601. The van der Waals surface area contributed by atoms with Crippen LogP contribution in [0.5, 0.6) is 0 Å². The smallest absolute Gasteiger partial charge is 0.334 e. The number of rotatable bonds is 0. The highest BCUT2D eigenvalue weighted by atomic mass is 16.6. The van der Waals surface area contributed by atoms with Gasteiger partial charge in [0.05, 0.1) is 17.3 Å². The topological polar surface area (TPSA) is 59.1 Å². The molecule has 0 aromatic rings. The van der Waals surface area contributed by atoms with Gasteiger partial charge in [-0.25, -0.2) is 4.79 Å². The highest BCUT2D eigenvalue weighted by Crippen LogP contribution is 2.46. The zero-order valence-electron chi connectivity index (χ0n) is 14.9. The number of esters is 1. The summed E-state index contributed by atoms with van der Waals surface area (Å²) in [6.07, 6.45) is 9.81. The fourth-order valence-corrected chi connectivity index (χ4v) is 3.79. The zero-order chi connectivity index (χ0) is 17.5. The van der Waals surface area contributed by atoms with Crippen LogP contribution in [-0.2, 0) is 14.3 Å². The van der Waals surface area contributed by atoms with Gasteiger partial charge < -0.3 is 14.6 Å². The molecule has 2 heterocycles. The van der Waals surface area contributed by atoms with E-state index < -0.39 is 5.60 Å². The largest absolute Gasteiger partial charge is 0.454 e. The quantitative estimate of drug-likeness (QED) is 0.319. The van der Waals surface area contributed by atoms with Crippen LogP contribution in [0.3, 0.4) is 0 Å². The summed E-state index contributed by atoms with van der Waals surface area (Å²) in [6.45, 7) is 9.92. The van der Waals surface area contributed by atoms with Crippen molar-refractivity contribution in [1.29, 1.82) is 0 Å². The molecular formula is C20H28O4. The van der Waals surface area contributed by atoms with Crippen LogP contribution < -0.4 is 0 Å². The predicted octanol–water partition coefficient (Wildman–Crippen LogP) is 3.46. The van der Waals surface area contributed by atoms with Gasteiger partial charge >= 0.3 is 5.97 Å². The average Bonchev–Trinajstić information content (AvgIpc) is 3.06. The lowest BCUT2D eigenvalue weighted by molar-refractivity contribution is -0.137. The number of aliphatic hydroxyl groups is 1. The van der Waals surface area contributed by atoms with Crippen molar-refractivity contribution in [3.63, 3.8) is 0 Å². The van der Waals surface area contributed by atoms with Gasteiger partial charge in [0.1, 0.15) is 6.10 Å². The summed E-state index contributed by atoms with van der Waals surface area (Å²) in [6, 6.07) is 0. The maximum atomic E-state index is 11.9. The van der Waals surface area contributed by atoms with Crippen molar-refractivity contribution in [1.82, 2.24) is 0 Å². The summed E-state index contributed by atoms with van der Waals surface area (Å²) in [7, 11) is 0. The van der Waals surface area contributed by atoms with E-state index >= 15 is 0 Å². The van der Waals surface area contributed by atoms with E-state index in [4.69, 9.17) is 9.47 Å². The first kappa shape index (κ1) is 17.4. The molecule has 5 atom stereocenters. The number of carbonyl (C=O) groups excluding carboxylic acids is 1. The van der Waals surface area contributed by atoms with Gasteiger partial charge in [-0.05, 0) is 59.0 Å². The van der Waals surface area contributed by atoms with Gasteiger partial charge in [0, 0.05) is 11.5 Å². The van der Waals surface area contributed by atoms with E-state index in [-0.39, 0.29) is 29.7 Å². The molecule has 2 saturated heterocycles. The Morgan fingerprint density at radius 1 is 1.29 bits per heavy atom. The molecule has 1 N–H and O–H groups in total. The maximum absolute atomic E-state index is 11.9. The zero-order valence-corrected chi connectivity index (χ0v) is 14.9. The van der Waals surface area contributed by atoms with Crippen LogP contribution in [0.2, 0.25) is 0 Å². The molecule has 2 aliphatic heterocycles. The average molecular weight is 332 g/mol. The monoisotopic (exact) mass is 332 g/mol. The fourth-order valence-electron chi connectivity index (χ4n) is 3.79. The van der Waals surface area contributed by atoms with Crippen molar-refractivity contribution < 1.29 is 19.4 Å². The van der Waals surface area contributed by atoms with Crippen molar-refractivity contribution >= 4 is 5.97 Å². The van der Waals surface area contributed by atoms with Crippen molar-refractivity contribution in [2.24, 2.45) is 5.92 Å². The molecule has 4 heteroatoms. The Labute approximate surface area is 144 Å². The number of hydrogen-bond donors (Lipinski definition) is 1. The first-order valence-electron chi connectivity index (χ1n) is 8.85. The molecule has 0 aromatic carbocycles. The second-order valence-corrected chi connectivity index (χ2v) is 7.97. The fraction of sp³-hybridized carbons (Fsp3) is 0.650. The summed E-state index contributed by atoms with van der Waals surface area (Å²) in [5.41, 5.74) is 0.742. The van der Waals surface area contributed by atoms with Gasteiger partial charge in [-0.1, -0.05) is 24.3 Å². The Morgan fingerprint density at radius 2 is 2.04 bits per heavy atom. The molecule has 3 rings (SSSR count). The molecule has 0 aromatic heterocycles. The summed E-state index contributed by atoms with van der Waals surface area (Å²) >= 11 is 0. The van der Waals surface area contributed by atoms with Crippen LogP contribution in [0.25, 0.3) is 0 Å². The van der Waals surface area contributed by atoms with Gasteiger partial charge in [-0.3, -0.25) is 0 Å². The van der Waals surface area contributed by atoms with Gasteiger partial charge in [-0.2, -0.15) is 0 Å². The molecule has 0 spiro atoms. The normalized spacial score (nSPS) is 46.8. The molecule has 4 nitrogen and oxygen atoms in total. The minimum Gasteiger partial charge on any atom is -0.454 e. The van der Waals surface area contributed by atoms with Crippen LogP contribution in [0.15, 0.2) is 36.0 Å². The first-order chi connectivity index (χ1) is 11.2. The third-order valence-electron chi connectivity index (χ3n) is 5.61. The Balaban J connectivity index is 1.82. The van der Waals surface area contributed by atoms with E-state index in [9.17, 15) is 9.90 Å². The lowest BCUT2D eigenvalue weighted by Crippen LogP contribution is -2.23. The molecule has 0 amide bonds. The molecule has 3 aliphatic rings. The van der Waals surface area contributed by atoms with Crippen LogP contribution >= 0.6 is 0 Å². The van der Waals surface area contributed by atoms with Gasteiger partial charge in [-0.15, -0.1) is 0 Å². The molecule has 0 saturated carbocycles. The number of ether oxygens (including phenoxy) is 2. The predicted molar refractivity (Wildman–Crippen MR) is 92.4 cm³/mol. The minimum absolute atomic E-state index is 0.0316. The van der Waals surface area contributed by atoms with Crippen molar-refractivity contribution in [3.8, 4) is 0 Å². The molecule has 0 radical (unpaired) electrons. The minimum atomic E-state index is -0.812. The standard InChI is InChI=1S/C20H28O4/c1-13-6-5-9-19(3,22)10-8-17-20(4,24-17)11-7-15-14(2)18(21)23-16(15)12-13/h5,9,12,15-17,22H,2,6-8,10-11H2,1,3-4H3/b9-5+,13-12+/t15?,16-,17-,19-,20-/m0/s1. The SMILES string of the molecule is C=C1C(=O)O[C@H]2/C=C(\C)C/C=C/[C@](C)(O)CC[C@@H]3O[C@@]3(C)CCC12. The number of epoxide rings is 1.